The van der Waals surface area contributed by atoms with E-state index >= 15 is 0 Å². The minimum Gasteiger partial charge on any atom is -0.380 e. The maximum atomic E-state index is 14.1. The van der Waals surface area contributed by atoms with Crippen molar-refractivity contribution in [3.05, 3.63) is 29.1 Å². The van der Waals surface area contributed by atoms with Crippen molar-refractivity contribution < 1.29 is 22.3 Å². The highest BCUT2D eigenvalue weighted by Crippen LogP contribution is 2.19. The van der Waals surface area contributed by atoms with E-state index in [1.165, 1.54) is 18.9 Å². The number of nitrogens with zero attached hydrogens (tertiary/aromatic N) is 1. The Morgan fingerprint density at radius 3 is 2.57 bits per heavy atom. The van der Waals surface area contributed by atoms with E-state index in [0.717, 1.165) is 12.1 Å². The molecule has 0 saturated heterocycles. The summed E-state index contributed by atoms with van der Waals surface area (Å²) < 4.78 is 41.9. The van der Waals surface area contributed by atoms with Crippen LogP contribution in [0.4, 0.5) is 4.39 Å². The molecule has 0 heterocycles. The number of carbonyl (C=O) groups is 1. The number of aryl methyl sites for hydroxylation is 1. The first-order chi connectivity index (χ1) is 9.68. The van der Waals surface area contributed by atoms with Gasteiger partial charge in [-0.1, -0.05) is 0 Å². The molecule has 0 radical (unpaired) electrons. The van der Waals surface area contributed by atoms with Crippen LogP contribution in [0.15, 0.2) is 17.0 Å². The van der Waals surface area contributed by atoms with E-state index in [2.05, 4.69) is 0 Å². The van der Waals surface area contributed by atoms with Gasteiger partial charge in [0, 0.05) is 20.2 Å². The zero-order valence-electron chi connectivity index (χ0n) is 12.2. The number of ether oxygens (including phenoxy) is 1. The lowest BCUT2D eigenvalue weighted by molar-refractivity contribution is 0.0705. The average Bonchev–Trinajstić information content (AvgIpc) is 2.39. The summed E-state index contributed by atoms with van der Waals surface area (Å²) in [7, 11) is -2.52. The third kappa shape index (κ3) is 4.48. The van der Waals surface area contributed by atoms with Crippen molar-refractivity contribution in [2.24, 2.45) is 5.14 Å². The zero-order valence-corrected chi connectivity index (χ0v) is 13.0. The highest BCUT2D eigenvalue weighted by Gasteiger charge is 2.21. The van der Waals surface area contributed by atoms with Gasteiger partial charge in [-0.3, -0.25) is 4.79 Å². The minimum absolute atomic E-state index is 0.0445. The molecule has 0 unspecified atom stereocenters. The van der Waals surface area contributed by atoms with Crippen LogP contribution in [-0.2, 0) is 14.8 Å². The Morgan fingerprint density at radius 1 is 1.43 bits per heavy atom. The summed E-state index contributed by atoms with van der Waals surface area (Å²) in [5, 5.41) is 5.02. The molecule has 0 aliphatic heterocycles. The molecule has 6 nitrogen and oxygen atoms in total. The SMILES string of the molecule is CCOCCN(C)C(=O)c1cc(S(N)(=O)=O)cc(C)c1F. The lowest BCUT2D eigenvalue weighted by Crippen LogP contribution is -2.31. The monoisotopic (exact) mass is 318 g/mol. The third-order valence-corrected chi connectivity index (χ3v) is 3.80. The normalized spacial score (nSPS) is 11.5. The Morgan fingerprint density at radius 2 is 2.05 bits per heavy atom. The summed E-state index contributed by atoms with van der Waals surface area (Å²) in [6, 6.07) is 2.05. The van der Waals surface area contributed by atoms with Gasteiger partial charge in [-0.15, -0.1) is 0 Å². The molecule has 0 bridgehead atoms. The number of nitrogens with two attached hydrogens (primary N) is 1. The fraction of sp³-hybridized carbons (Fsp3) is 0.462. The fourth-order valence-corrected chi connectivity index (χ4v) is 2.33. The van der Waals surface area contributed by atoms with Gasteiger partial charge in [-0.2, -0.15) is 0 Å². The summed E-state index contributed by atoms with van der Waals surface area (Å²) in [5.41, 5.74) is -0.277. The van der Waals surface area contributed by atoms with Crippen LogP contribution in [0, 0.1) is 12.7 Å². The van der Waals surface area contributed by atoms with Gasteiger partial charge >= 0.3 is 0 Å². The van der Waals surface area contributed by atoms with Crippen molar-refractivity contribution >= 4 is 15.9 Å². The number of hydrogen-bond acceptors (Lipinski definition) is 4. The summed E-state index contributed by atoms with van der Waals surface area (Å²) >= 11 is 0. The number of halogens is 1. The Labute approximate surface area is 123 Å². The molecular formula is C13H19FN2O4S. The maximum absolute atomic E-state index is 14.1. The lowest BCUT2D eigenvalue weighted by Gasteiger charge is -2.18. The molecule has 1 amide bonds. The lowest BCUT2D eigenvalue weighted by atomic mass is 10.1. The van der Waals surface area contributed by atoms with Gasteiger partial charge < -0.3 is 9.64 Å². The summed E-state index contributed by atoms with van der Waals surface area (Å²) in [6.45, 7) is 4.29. The van der Waals surface area contributed by atoms with E-state index in [-0.39, 0.29) is 22.6 Å². The van der Waals surface area contributed by atoms with Gasteiger partial charge in [-0.05, 0) is 31.5 Å². The molecule has 1 aromatic rings. The van der Waals surface area contributed by atoms with Crippen molar-refractivity contribution in [3.63, 3.8) is 0 Å². The first kappa shape index (κ1) is 17.5. The van der Waals surface area contributed by atoms with Crippen LogP contribution in [0.3, 0.4) is 0 Å². The minimum atomic E-state index is -4.01. The predicted molar refractivity (Wildman–Crippen MR) is 76.0 cm³/mol. The maximum Gasteiger partial charge on any atom is 0.256 e. The number of rotatable bonds is 6. The average molecular weight is 318 g/mol. The van der Waals surface area contributed by atoms with E-state index in [1.807, 2.05) is 6.92 Å². The molecule has 118 valence electrons. The molecule has 0 aliphatic rings. The summed E-state index contributed by atoms with van der Waals surface area (Å²) in [5.74, 6) is -1.38. The van der Waals surface area contributed by atoms with Gasteiger partial charge in [-0.25, -0.2) is 17.9 Å². The van der Waals surface area contributed by atoms with Crippen LogP contribution in [0.2, 0.25) is 0 Å². The summed E-state index contributed by atoms with van der Waals surface area (Å²) in [4.78, 5) is 13.2. The first-order valence-electron chi connectivity index (χ1n) is 6.34. The van der Waals surface area contributed by atoms with Crippen LogP contribution < -0.4 is 5.14 Å². The fourth-order valence-electron chi connectivity index (χ4n) is 1.71. The van der Waals surface area contributed by atoms with Crippen molar-refractivity contribution in [1.29, 1.82) is 0 Å². The zero-order chi connectivity index (χ0) is 16.2. The number of benzene rings is 1. The van der Waals surface area contributed by atoms with Crippen molar-refractivity contribution in [1.82, 2.24) is 4.90 Å². The number of hydrogen-bond donors (Lipinski definition) is 1. The Hall–Kier alpha value is -1.51. The van der Waals surface area contributed by atoms with E-state index in [4.69, 9.17) is 9.88 Å². The molecule has 8 heteroatoms. The van der Waals surface area contributed by atoms with Crippen LogP contribution in [-0.4, -0.2) is 46.0 Å². The number of carbonyl (C=O) groups excluding carboxylic acids is 1. The van der Waals surface area contributed by atoms with Crippen molar-refractivity contribution in [2.45, 2.75) is 18.7 Å². The van der Waals surface area contributed by atoms with E-state index in [0.29, 0.717) is 13.2 Å². The number of sulfonamides is 1. The first-order valence-corrected chi connectivity index (χ1v) is 7.89. The molecule has 0 fully saturated rings. The largest absolute Gasteiger partial charge is 0.380 e. The van der Waals surface area contributed by atoms with E-state index in [1.54, 1.807) is 0 Å². The molecule has 0 aliphatic carbocycles. The summed E-state index contributed by atoms with van der Waals surface area (Å²) in [6.07, 6.45) is 0. The Kier molecular flexibility index (Phi) is 5.82. The smallest absolute Gasteiger partial charge is 0.256 e. The molecule has 0 aromatic heterocycles. The third-order valence-electron chi connectivity index (χ3n) is 2.91. The van der Waals surface area contributed by atoms with Crippen molar-refractivity contribution in [3.8, 4) is 0 Å². The van der Waals surface area contributed by atoms with Crippen molar-refractivity contribution in [2.75, 3.05) is 26.8 Å². The molecule has 0 saturated carbocycles. The van der Waals surface area contributed by atoms with Gasteiger partial charge in [0.05, 0.1) is 17.1 Å². The molecule has 0 spiro atoms. The van der Waals surface area contributed by atoms with Gasteiger partial charge in [0.25, 0.3) is 5.91 Å². The second-order valence-electron chi connectivity index (χ2n) is 4.57. The highest BCUT2D eigenvalue weighted by atomic mass is 32.2. The molecule has 0 atom stereocenters. The number of amides is 1. The van der Waals surface area contributed by atoms with E-state index < -0.39 is 21.7 Å². The Bertz CT molecular complexity index is 631. The second-order valence-corrected chi connectivity index (χ2v) is 6.13. The van der Waals surface area contributed by atoms with Crippen LogP contribution in [0.25, 0.3) is 0 Å². The predicted octanol–water partition coefficient (Wildman–Crippen LogP) is 0.890. The second kappa shape index (κ2) is 6.97. The molecule has 1 rings (SSSR count). The van der Waals surface area contributed by atoms with E-state index in [9.17, 15) is 17.6 Å². The number of primary sulfonamides is 1. The highest BCUT2D eigenvalue weighted by molar-refractivity contribution is 7.89. The quantitative estimate of drug-likeness (QED) is 0.789. The van der Waals surface area contributed by atoms with Gasteiger partial charge in [0.1, 0.15) is 5.82 Å². The van der Waals surface area contributed by atoms with Crippen LogP contribution >= 0.6 is 0 Å². The molecule has 21 heavy (non-hydrogen) atoms. The molecular weight excluding hydrogens is 299 g/mol. The Balaban J connectivity index is 3.11. The van der Waals surface area contributed by atoms with Crippen LogP contribution in [0.5, 0.6) is 0 Å². The molecule has 2 N–H and O–H groups in total. The molecule has 1 aromatic carbocycles. The van der Waals surface area contributed by atoms with Gasteiger partial charge in [0.2, 0.25) is 10.0 Å². The van der Waals surface area contributed by atoms with Crippen LogP contribution in [0.1, 0.15) is 22.8 Å². The standard InChI is InChI=1S/C13H19FN2O4S/c1-4-20-6-5-16(3)13(17)11-8-10(21(15,18)19)7-9(2)12(11)14/h7-8H,4-6H2,1-3H3,(H2,15,18,19). The topological polar surface area (TPSA) is 89.7 Å². The number of likely N-dealkylation sites (N-methyl/N-ethyl adjacent to an activating group) is 1. The van der Waals surface area contributed by atoms with Gasteiger partial charge in [0.15, 0.2) is 0 Å².